The van der Waals surface area contributed by atoms with Crippen molar-refractivity contribution in [1.29, 1.82) is 0 Å². The highest BCUT2D eigenvalue weighted by atomic mass is 32.3. The van der Waals surface area contributed by atoms with Crippen molar-refractivity contribution in [2.45, 2.75) is 29.4 Å². The van der Waals surface area contributed by atoms with Crippen LogP contribution in [0.25, 0.3) is 32.7 Å². The molecule has 1 aliphatic rings. The first kappa shape index (κ1) is 33.6. The SMILES string of the molecule is CS(c1ccccc1)(c1ccccc1)c1cc2ccccc2c2c1OP(=O)(O)Oc1c(S(C)(c3ccccc3)c3ccccc3)cc3ccccc3c1-2. The quantitative estimate of drug-likeness (QED) is 0.172. The molecule has 1 N–H and O–H groups in total. The van der Waals surface area contributed by atoms with Gasteiger partial charge in [0.1, 0.15) is 0 Å². The second-order valence-electron chi connectivity index (χ2n) is 13.3. The largest absolute Gasteiger partial charge is 0.585 e. The van der Waals surface area contributed by atoms with Crippen LogP contribution in [-0.2, 0) is 4.57 Å². The predicted octanol–water partition coefficient (Wildman–Crippen LogP) is 13.4. The minimum atomic E-state index is -4.78. The van der Waals surface area contributed by atoms with Gasteiger partial charge in [-0.05, 0) is 114 Å². The Morgan fingerprint density at radius 3 is 1.04 bits per heavy atom. The minimum Gasteiger partial charge on any atom is -0.393 e. The Labute approximate surface area is 312 Å². The lowest BCUT2D eigenvalue weighted by atomic mass is 9.92. The molecule has 9 rings (SSSR count). The van der Waals surface area contributed by atoms with Gasteiger partial charge >= 0.3 is 7.82 Å². The number of fused-ring (bicyclic) bond motifs is 7. The van der Waals surface area contributed by atoms with Crippen LogP contribution in [0, 0.1) is 0 Å². The van der Waals surface area contributed by atoms with Gasteiger partial charge < -0.3 is 9.05 Å². The highest BCUT2D eigenvalue weighted by molar-refractivity contribution is 8.33. The Morgan fingerprint density at radius 1 is 0.434 bits per heavy atom. The Bertz CT molecular complexity index is 2420. The number of rotatable bonds is 6. The summed E-state index contributed by atoms with van der Waals surface area (Å²) in [5, 5.41) is 3.84. The van der Waals surface area contributed by atoms with E-state index in [4.69, 9.17) is 9.05 Å². The lowest BCUT2D eigenvalue weighted by molar-refractivity contribution is 0.290. The summed E-state index contributed by atoms with van der Waals surface area (Å²) in [6.07, 6.45) is 4.50. The van der Waals surface area contributed by atoms with Crippen molar-refractivity contribution in [2.24, 2.45) is 0 Å². The summed E-state index contributed by atoms with van der Waals surface area (Å²) in [4.78, 5) is 18.1. The van der Waals surface area contributed by atoms with E-state index < -0.39 is 27.9 Å². The summed E-state index contributed by atoms with van der Waals surface area (Å²) in [5.74, 6) is 0.744. The fraction of sp³-hybridized carbons (Fsp3) is 0.0435. The molecule has 53 heavy (non-hydrogen) atoms. The maximum Gasteiger partial charge on any atom is 0.585 e. The van der Waals surface area contributed by atoms with E-state index in [1.165, 1.54) is 0 Å². The molecule has 0 aromatic heterocycles. The Balaban J connectivity index is 1.49. The van der Waals surface area contributed by atoms with Crippen LogP contribution in [0.2, 0.25) is 0 Å². The monoisotopic (exact) mass is 748 g/mol. The molecule has 8 aromatic carbocycles. The molecule has 8 aromatic rings. The molecular formula is C46H37O4PS2. The van der Waals surface area contributed by atoms with Crippen molar-refractivity contribution in [3.63, 3.8) is 0 Å². The van der Waals surface area contributed by atoms with Crippen molar-refractivity contribution in [3.05, 3.63) is 182 Å². The fourth-order valence-corrected chi connectivity index (χ4v) is 14.8. The van der Waals surface area contributed by atoms with Gasteiger partial charge in [0.15, 0.2) is 11.5 Å². The third-order valence-corrected chi connectivity index (χ3v) is 18.4. The summed E-state index contributed by atoms with van der Waals surface area (Å²) in [7, 11) is -8.91. The maximum atomic E-state index is 14.7. The zero-order valence-corrected chi connectivity index (χ0v) is 31.8. The average molecular weight is 749 g/mol. The smallest absolute Gasteiger partial charge is 0.393 e. The zero-order chi connectivity index (χ0) is 36.2. The molecule has 0 atom stereocenters. The number of phosphoric acid groups is 1. The van der Waals surface area contributed by atoms with Crippen LogP contribution in [0.5, 0.6) is 11.5 Å². The highest BCUT2D eigenvalue weighted by Gasteiger charge is 2.43. The molecule has 0 radical (unpaired) electrons. The lowest BCUT2D eigenvalue weighted by Crippen LogP contribution is -2.07. The molecule has 4 nitrogen and oxygen atoms in total. The van der Waals surface area contributed by atoms with Gasteiger partial charge in [-0.2, -0.15) is 20.1 Å². The highest BCUT2D eigenvalue weighted by Crippen LogP contribution is 2.75. The van der Waals surface area contributed by atoms with E-state index in [0.717, 1.165) is 62.0 Å². The fourth-order valence-electron chi connectivity index (χ4n) is 7.69. The molecule has 0 saturated heterocycles. The van der Waals surface area contributed by atoms with Gasteiger partial charge in [-0.25, -0.2) is 4.57 Å². The van der Waals surface area contributed by atoms with Crippen LogP contribution in [0.4, 0.5) is 0 Å². The van der Waals surface area contributed by atoms with Gasteiger partial charge in [0.05, 0.1) is 0 Å². The second-order valence-corrected chi connectivity index (χ2v) is 21.1. The molecule has 0 amide bonds. The number of phosphoric ester groups is 1. The Morgan fingerprint density at radius 2 is 0.717 bits per heavy atom. The predicted molar refractivity (Wildman–Crippen MR) is 220 cm³/mol. The van der Waals surface area contributed by atoms with Gasteiger partial charge in [-0.15, -0.1) is 0 Å². The molecule has 0 spiro atoms. The van der Waals surface area contributed by atoms with Gasteiger partial charge in [-0.3, -0.25) is 4.89 Å². The van der Waals surface area contributed by atoms with Crippen LogP contribution in [0.15, 0.2) is 211 Å². The summed E-state index contributed by atoms with van der Waals surface area (Å²) < 4.78 is 27.7. The summed E-state index contributed by atoms with van der Waals surface area (Å²) in [6, 6.07) is 62.5. The Hall–Kier alpha value is -5.23. The van der Waals surface area contributed by atoms with Crippen LogP contribution in [-0.4, -0.2) is 17.4 Å². The molecule has 0 saturated carbocycles. The minimum absolute atomic E-state index is 0.372. The van der Waals surface area contributed by atoms with Crippen LogP contribution in [0.3, 0.4) is 0 Å². The third kappa shape index (κ3) is 5.48. The van der Waals surface area contributed by atoms with E-state index in [1.54, 1.807) is 0 Å². The van der Waals surface area contributed by atoms with Gasteiger partial charge in [0, 0.05) is 20.9 Å². The van der Waals surface area contributed by atoms with E-state index in [9.17, 15) is 9.46 Å². The topological polar surface area (TPSA) is 55.8 Å². The van der Waals surface area contributed by atoms with Gasteiger partial charge in [0.2, 0.25) is 0 Å². The van der Waals surface area contributed by atoms with E-state index >= 15 is 0 Å². The molecule has 0 aliphatic carbocycles. The van der Waals surface area contributed by atoms with E-state index in [1.807, 2.05) is 48.5 Å². The van der Waals surface area contributed by atoms with Gasteiger partial charge in [0.25, 0.3) is 0 Å². The lowest BCUT2D eigenvalue weighted by Gasteiger charge is -2.39. The van der Waals surface area contributed by atoms with Crippen molar-refractivity contribution in [3.8, 4) is 22.6 Å². The van der Waals surface area contributed by atoms with Crippen molar-refractivity contribution in [2.75, 3.05) is 12.5 Å². The number of hydrogen-bond acceptors (Lipinski definition) is 3. The van der Waals surface area contributed by atoms with Crippen molar-refractivity contribution < 1.29 is 18.5 Å². The van der Waals surface area contributed by atoms with Crippen LogP contribution < -0.4 is 9.05 Å². The molecule has 1 heterocycles. The van der Waals surface area contributed by atoms with E-state index in [2.05, 4.69) is 146 Å². The second kappa shape index (κ2) is 13.0. The first-order valence-corrected chi connectivity index (χ1v) is 23.0. The summed E-state index contributed by atoms with van der Waals surface area (Å²) in [5.41, 5.74) is 1.51. The van der Waals surface area contributed by atoms with Gasteiger partial charge in [-0.1, -0.05) is 121 Å². The van der Waals surface area contributed by atoms with Crippen molar-refractivity contribution in [1.82, 2.24) is 0 Å². The molecule has 262 valence electrons. The third-order valence-electron chi connectivity index (χ3n) is 10.3. The number of benzene rings is 8. The molecule has 0 bridgehead atoms. The normalized spacial score (nSPS) is 14.3. The van der Waals surface area contributed by atoms with Crippen molar-refractivity contribution >= 4 is 49.4 Å². The van der Waals surface area contributed by atoms with E-state index in [0.29, 0.717) is 11.5 Å². The van der Waals surface area contributed by atoms with Crippen LogP contribution in [0.1, 0.15) is 0 Å². The molecule has 7 heteroatoms. The summed E-state index contributed by atoms with van der Waals surface area (Å²) in [6.45, 7) is 0. The average Bonchev–Trinajstić information content (AvgIpc) is 3.34. The molecular weight excluding hydrogens is 712 g/mol. The molecule has 0 unspecified atom stereocenters. The van der Waals surface area contributed by atoms with E-state index in [-0.39, 0.29) is 0 Å². The number of hydrogen-bond donors (Lipinski definition) is 1. The summed E-state index contributed by atoms with van der Waals surface area (Å²) >= 11 is 0. The standard InChI is InChI=1S/C46H37O4PS2/c1-52(35-21-7-3-8-22-35,36-23-9-4-10-24-36)41-31-33-19-15-17-29-39(33)43-44-40-30-18-16-20-34(40)32-42(46(44)50-51(47,48)49-45(41)43)53(2,37-25-11-5-12-26-37)38-27-13-6-14-28-38/h3-32H,1-2H3,(H,47,48). The first-order valence-electron chi connectivity index (χ1n) is 17.4. The first-order chi connectivity index (χ1) is 25.8. The zero-order valence-electron chi connectivity index (χ0n) is 29.3. The molecule has 1 aliphatic heterocycles. The Kier molecular flexibility index (Phi) is 8.25. The maximum absolute atomic E-state index is 14.7. The van der Waals surface area contributed by atoms with Crippen LogP contribution >= 0.6 is 27.9 Å². The molecule has 0 fully saturated rings.